The third kappa shape index (κ3) is 4.17. The fourth-order valence-electron chi connectivity index (χ4n) is 2.82. The molecule has 1 heterocycles. The first-order valence-corrected chi connectivity index (χ1v) is 8.06. The van der Waals surface area contributed by atoms with Crippen molar-refractivity contribution in [2.24, 2.45) is 0 Å². The number of benzene rings is 1. The number of nitrogens with zero attached hydrogens (tertiary/aromatic N) is 1. The Bertz CT molecular complexity index is 416. The van der Waals surface area contributed by atoms with Gasteiger partial charge in [-0.1, -0.05) is 51.0 Å². The molecule has 1 saturated heterocycles. The summed E-state index contributed by atoms with van der Waals surface area (Å²) in [7, 11) is 0. The van der Waals surface area contributed by atoms with Crippen LogP contribution in [0.15, 0.2) is 24.3 Å². The molecule has 0 radical (unpaired) electrons. The fraction of sp³-hybridized carbons (Fsp3) is 0.611. The van der Waals surface area contributed by atoms with Crippen LogP contribution in [-0.4, -0.2) is 30.3 Å². The van der Waals surface area contributed by atoms with Gasteiger partial charge >= 0.3 is 0 Å². The normalized spacial score (nSPS) is 18.5. The quantitative estimate of drug-likeness (QED) is 0.747. The molecule has 0 bridgehead atoms. The van der Waals surface area contributed by atoms with Crippen LogP contribution >= 0.6 is 0 Å². The number of carbonyl (C=O) groups is 1. The van der Waals surface area contributed by atoms with Crippen molar-refractivity contribution in [2.45, 2.75) is 51.9 Å². The summed E-state index contributed by atoms with van der Waals surface area (Å²) in [6, 6.07) is 8.23. The Hall–Kier alpha value is -1.15. The van der Waals surface area contributed by atoms with Crippen molar-refractivity contribution >= 4 is 5.78 Å². The first kappa shape index (κ1) is 15.2. The maximum Gasteiger partial charge on any atom is 0.176 e. The molecule has 1 aromatic rings. The van der Waals surface area contributed by atoms with Crippen LogP contribution in [0.3, 0.4) is 0 Å². The number of ketones is 1. The molecule has 1 unspecified atom stereocenters. The zero-order valence-corrected chi connectivity index (χ0v) is 12.9. The van der Waals surface area contributed by atoms with Crippen molar-refractivity contribution < 1.29 is 4.79 Å². The van der Waals surface area contributed by atoms with E-state index in [1.165, 1.54) is 31.2 Å². The van der Waals surface area contributed by atoms with Crippen LogP contribution in [-0.2, 0) is 0 Å². The highest BCUT2D eigenvalue weighted by Crippen LogP contribution is 2.19. The predicted molar refractivity (Wildman–Crippen MR) is 84.4 cm³/mol. The summed E-state index contributed by atoms with van der Waals surface area (Å²) < 4.78 is 0. The molecule has 1 fully saturated rings. The summed E-state index contributed by atoms with van der Waals surface area (Å²) in [5, 5.41) is 0. The molecule has 110 valence electrons. The molecule has 1 aliphatic heterocycles. The minimum atomic E-state index is 0.266. The summed E-state index contributed by atoms with van der Waals surface area (Å²) in [5.41, 5.74) is 2.19. The van der Waals surface area contributed by atoms with Gasteiger partial charge in [-0.15, -0.1) is 0 Å². The summed E-state index contributed by atoms with van der Waals surface area (Å²) in [6.45, 7) is 7.17. The molecule has 0 aromatic heterocycles. The van der Waals surface area contributed by atoms with E-state index in [9.17, 15) is 4.79 Å². The van der Waals surface area contributed by atoms with Crippen molar-refractivity contribution in [1.82, 2.24) is 4.90 Å². The van der Waals surface area contributed by atoms with Crippen LogP contribution in [0.5, 0.6) is 0 Å². The highest BCUT2D eigenvalue weighted by Gasteiger charge is 2.14. The lowest BCUT2D eigenvalue weighted by atomic mass is 9.97. The SMILES string of the molecule is CCC(C)c1ccc(C(=O)CN2CCCCCC2)cc1. The second kappa shape index (κ2) is 7.58. The summed E-state index contributed by atoms with van der Waals surface area (Å²) >= 11 is 0. The highest BCUT2D eigenvalue weighted by molar-refractivity contribution is 5.97. The number of hydrogen-bond acceptors (Lipinski definition) is 2. The van der Waals surface area contributed by atoms with Gasteiger partial charge in [-0.2, -0.15) is 0 Å². The lowest BCUT2D eigenvalue weighted by Crippen LogP contribution is -2.30. The van der Waals surface area contributed by atoms with E-state index in [1.807, 2.05) is 12.1 Å². The second-order valence-electron chi connectivity index (χ2n) is 6.04. The molecule has 1 aromatic carbocycles. The highest BCUT2D eigenvalue weighted by atomic mass is 16.1. The van der Waals surface area contributed by atoms with Gasteiger partial charge in [-0.05, 0) is 43.8 Å². The Morgan fingerprint density at radius 2 is 1.70 bits per heavy atom. The van der Waals surface area contributed by atoms with Crippen LogP contribution in [0.1, 0.15) is 67.8 Å². The van der Waals surface area contributed by atoms with Gasteiger partial charge in [0.2, 0.25) is 0 Å². The van der Waals surface area contributed by atoms with Crippen molar-refractivity contribution in [3.8, 4) is 0 Å². The van der Waals surface area contributed by atoms with Crippen LogP contribution in [0.25, 0.3) is 0 Å². The van der Waals surface area contributed by atoms with Crippen molar-refractivity contribution in [1.29, 1.82) is 0 Å². The number of likely N-dealkylation sites (tertiary alicyclic amines) is 1. The molecule has 1 atom stereocenters. The van der Waals surface area contributed by atoms with E-state index in [-0.39, 0.29) is 5.78 Å². The molecular weight excluding hydrogens is 246 g/mol. The average Bonchev–Trinajstić information content (AvgIpc) is 2.75. The lowest BCUT2D eigenvalue weighted by Gasteiger charge is -2.18. The van der Waals surface area contributed by atoms with Crippen LogP contribution in [0.4, 0.5) is 0 Å². The minimum absolute atomic E-state index is 0.266. The molecule has 0 spiro atoms. The number of carbonyl (C=O) groups excluding carboxylic acids is 1. The van der Waals surface area contributed by atoms with Crippen molar-refractivity contribution in [3.63, 3.8) is 0 Å². The van der Waals surface area contributed by atoms with Gasteiger partial charge in [-0.25, -0.2) is 0 Å². The molecule has 0 saturated carbocycles. The third-order valence-electron chi connectivity index (χ3n) is 4.48. The van der Waals surface area contributed by atoms with E-state index < -0.39 is 0 Å². The zero-order valence-electron chi connectivity index (χ0n) is 12.9. The number of rotatable bonds is 5. The van der Waals surface area contributed by atoms with E-state index >= 15 is 0 Å². The first-order chi connectivity index (χ1) is 9.70. The topological polar surface area (TPSA) is 20.3 Å². The van der Waals surface area contributed by atoms with E-state index in [0.29, 0.717) is 12.5 Å². The van der Waals surface area contributed by atoms with Crippen LogP contribution in [0, 0.1) is 0 Å². The Morgan fingerprint density at radius 1 is 1.10 bits per heavy atom. The summed E-state index contributed by atoms with van der Waals surface area (Å²) in [5.74, 6) is 0.840. The maximum absolute atomic E-state index is 12.3. The molecular formula is C18H27NO. The molecule has 2 heteroatoms. The Balaban J connectivity index is 1.94. The van der Waals surface area contributed by atoms with Gasteiger partial charge in [0.15, 0.2) is 5.78 Å². The monoisotopic (exact) mass is 273 g/mol. The van der Waals surface area contributed by atoms with Crippen LogP contribution in [0.2, 0.25) is 0 Å². The Morgan fingerprint density at radius 3 is 2.25 bits per heavy atom. The second-order valence-corrected chi connectivity index (χ2v) is 6.04. The van der Waals surface area contributed by atoms with Crippen LogP contribution < -0.4 is 0 Å². The number of Topliss-reactive ketones (excluding diaryl/α,β-unsaturated/α-hetero) is 1. The minimum Gasteiger partial charge on any atom is -0.296 e. The van der Waals surface area contributed by atoms with Gasteiger partial charge in [0.1, 0.15) is 0 Å². The summed E-state index contributed by atoms with van der Waals surface area (Å²) in [6.07, 6.45) is 6.24. The first-order valence-electron chi connectivity index (χ1n) is 8.06. The molecule has 0 aliphatic carbocycles. The van der Waals surface area contributed by atoms with Gasteiger partial charge < -0.3 is 0 Å². The Kier molecular flexibility index (Phi) is 5.78. The third-order valence-corrected chi connectivity index (χ3v) is 4.48. The predicted octanol–water partition coefficient (Wildman–Crippen LogP) is 4.26. The summed E-state index contributed by atoms with van der Waals surface area (Å²) in [4.78, 5) is 14.7. The van der Waals surface area contributed by atoms with E-state index in [2.05, 4.69) is 30.9 Å². The molecule has 2 nitrogen and oxygen atoms in total. The number of hydrogen-bond donors (Lipinski definition) is 0. The van der Waals surface area contributed by atoms with Gasteiger partial charge in [0.25, 0.3) is 0 Å². The standard InChI is InChI=1S/C18H27NO/c1-3-15(2)16-8-10-17(11-9-16)18(20)14-19-12-6-4-5-7-13-19/h8-11,15H,3-7,12-14H2,1-2H3. The van der Waals surface area contributed by atoms with E-state index in [4.69, 9.17) is 0 Å². The van der Waals surface area contributed by atoms with E-state index in [0.717, 1.165) is 25.1 Å². The fourth-order valence-corrected chi connectivity index (χ4v) is 2.82. The van der Waals surface area contributed by atoms with Gasteiger partial charge in [-0.3, -0.25) is 9.69 Å². The molecule has 0 amide bonds. The Labute approximate surface area is 123 Å². The van der Waals surface area contributed by atoms with Crippen molar-refractivity contribution in [2.75, 3.05) is 19.6 Å². The zero-order chi connectivity index (χ0) is 14.4. The van der Waals surface area contributed by atoms with Crippen molar-refractivity contribution in [3.05, 3.63) is 35.4 Å². The largest absolute Gasteiger partial charge is 0.296 e. The molecule has 0 N–H and O–H groups in total. The smallest absolute Gasteiger partial charge is 0.176 e. The van der Waals surface area contributed by atoms with E-state index in [1.54, 1.807) is 0 Å². The average molecular weight is 273 g/mol. The van der Waals surface area contributed by atoms with Gasteiger partial charge in [0.05, 0.1) is 6.54 Å². The lowest BCUT2D eigenvalue weighted by molar-refractivity contribution is 0.0933. The molecule has 2 rings (SSSR count). The molecule has 20 heavy (non-hydrogen) atoms. The van der Waals surface area contributed by atoms with Gasteiger partial charge in [0, 0.05) is 5.56 Å². The maximum atomic E-state index is 12.3. The molecule has 1 aliphatic rings.